The molecule has 0 radical (unpaired) electrons. The number of hydrogen-bond donors (Lipinski definition) is 3. The number of nitrogens with one attached hydrogen (secondary N) is 3. The number of allylic oxidation sites excluding steroid dienone is 1. The highest BCUT2D eigenvalue weighted by molar-refractivity contribution is 6.33. The smallest absolute Gasteiger partial charge is 0.319 e. The molecule has 3 amide bonds. The summed E-state index contributed by atoms with van der Waals surface area (Å²) in [6.07, 6.45) is 0. The summed E-state index contributed by atoms with van der Waals surface area (Å²) in [6.45, 7) is 4.17. The van der Waals surface area contributed by atoms with Gasteiger partial charge in [-0.3, -0.25) is 4.79 Å². The molecule has 0 aliphatic carbocycles. The van der Waals surface area contributed by atoms with Crippen molar-refractivity contribution in [3.63, 3.8) is 0 Å². The number of urea groups is 1. The van der Waals surface area contributed by atoms with Crippen LogP contribution in [0.5, 0.6) is 5.75 Å². The van der Waals surface area contributed by atoms with Gasteiger partial charge in [-0.05, 0) is 43.7 Å². The fraction of sp³-hybridized carbons (Fsp3) is 0.200. The van der Waals surface area contributed by atoms with E-state index in [1.165, 1.54) is 0 Å². The molecule has 2 aromatic carbocycles. The molecule has 1 aliphatic heterocycles. The molecule has 1 heterocycles. The summed E-state index contributed by atoms with van der Waals surface area (Å²) in [5.41, 5.74) is 2.18. The largest absolute Gasteiger partial charge is 0.494 e. The van der Waals surface area contributed by atoms with Crippen LogP contribution in [0.25, 0.3) is 0 Å². The lowest BCUT2D eigenvalue weighted by Gasteiger charge is -2.28. The van der Waals surface area contributed by atoms with Crippen LogP contribution < -0.4 is 20.7 Å². The number of benzene rings is 2. The minimum absolute atomic E-state index is 0.341. The van der Waals surface area contributed by atoms with Crippen molar-refractivity contribution in [2.45, 2.75) is 19.9 Å². The van der Waals surface area contributed by atoms with Crippen molar-refractivity contribution in [1.29, 1.82) is 0 Å². The predicted molar refractivity (Wildman–Crippen MR) is 105 cm³/mol. The number of carbonyl (C=O) groups is 2. The van der Waals surface area contributed by atoms with Crippen molar-refractivity contribution in [1.82, 2.24) is 10.6 Å². The maximum atomic E-state index is 12.9. The molecule has 2 aromatic rings. The van der Waals surface area contributed by atoms with Gasteiger partial charge in [-0.1, -0.05) is 35.9 Å². The van der Waals surface area contributed by atoms with E-state index in [2.05, 4.69) is 16.0 Å². The number of halogens is 1. The monoisotopic (exact) mass is 385 g/mol. The second-order valence-corrected chi connectivity index (χ2v) is 6.41. The van der Waals surface area contributed by atoms with Crippen LogP contribution in [0, 0.1) is 0 Å². The van der Waals surface area contributed by atoms with Gasteiger partial charge in [0.15, 0.2) is 0 Å². The standard InChI is InChI=1S/C20H20ClN3O3/c1-3-27-14-10-8-13(9-11-14)18-17(12(2)22-20(26)24-18)19(25)23-16-7-5-4-6-15(16)21/h4-11,18H,3H2,1-2H3,(H,23,25)(H2,22,24,26). The Morgan fingerprint density at radius 2 is 1.89 bits per heavy atom. The average Bonchev–Trinajstić information content (AvgIpc) is 2.64. The van der Waals surface area contributed by atoms with Gasteiger partial charge >= 0.3 is 6.03 Å². The molecule has 1 unspecified atom stereocenters. The number of para-hydroxylation sites is 1. The second-order valence-electron chi connectivity index (χ2n) is 6.01. The topological polar surface area (TPSA) is 79.5 Å². The molecule has 1 atom stereocenters. The SMILES string of the molecule is CCOc1ccc(C2NC(=O)NC(C)=C2C(=O)Nc2ccccc2Cl)cc1. The summed E-state index contributed by atoms with van der Waals surface area (Å²) >= 11 is 6.14. The Morgan fingerprint density at radius 1 is 1.19 bits per heavy atom. The lowest BCUT2D eigenvalue weighted by molar-refractivity contribution is -0.113. The van der Waals surface area contributed by atoms with E-state index >= 15 is 0 Å². The first-order valence-corrected chi connectivity index (χ1v) is 8.94. The van der Waals surface area contributed by atoms with Crippen molar-refractivity contribution < 1.29 is 14.3 Å². The van der Waals surface area contributed by atoms with E-state index in [0.717, 1.165) is 11.3 Å². The maximum Gasteiger partial charge on any atom is 0.319 e. The first-order valence-electron chi connectivity index (χ1n) is 8.56. The number of amides is 3. The van der Waals surface area contributed by atoms with E-state index in [1.54, 1.807) is 31.2 Å². The third kappa shape index (κ3) is 4.23. The normalized spacial score (nSPS) is 16.4. The molecule has 0 aromatic heterocycles. The fourth-order valence-electron chi connectivity index (χ4n) is 2.92. The van der Waals surface area contributed by atoms with E-state index in [1.807, 2.05) is 31.2 Å². The fourth-order valence-corrected chi connectivity index (χ4v) is 3.10. The number of hydrogen-bond acceptors (Lipinski definition) is 3. The van der Waals surface area contributed by atoms with E-state index < -0.39 is 6.04 Å². The van der Waals surface area contributed by atoms with Crippen LogP contribution >= 0.6 is 11.6 Å². The molecule has 140 valence electrons. The zero-order valence-electron chi connectivity index (χ0n) is 15.0. The van der Waals surface area contributed by atoms with Gasteiger partial charge in [0.2, 0.25) is 0 Å². The average molecular weight is 386 g/mol. The molecule has 0 saturated carbocycles. The molecule has 27 heavy (non-hydrogen) atoms. The quantitative estimate of drug-likeness (QED) is 0.727. The van der Waals surface area contributed by atoms with Crippen molar-refractivity contribution in [2.75, 3.05) is 11.9 Å². The lowest BCUT2D eigenvalue weighted by atomic mass is 9.94. The van der Waals surface area contributed by atoms with Gasteiger partial charge in [-0.2, -0.15) is 0 Å². The summed E-state index contributed by atoms with van der Waals surface area (Å²) in [5.74, 6) is 0.385. The van der Waals surface area contributed by atoms with Crippen LogP contribution in [0.3, 0.4) is 0 Å². The molecule has 1 aliphatic rings. The molecule has 0 fully saturated rings. The molecule has 0 spiro atoms. The zero-order valence-corrected chi connectivity index (χ0v) is 15.8. The highest BCUT2D eigenvalue weighted by Crippen LogP contribution is 2.30. The Labute approximate surface area is 162 Å². The molecule has 3 N–H and O–H groups in total. The van der Waals surface area contributed by atoms with E-state index in [4.69, 9.17) is 16.3 Å². The van der Waals surface area contributed by atoms with Crippen LogP contribution in [0.2, 0.25) is 5.02 Å². The summed E-state index contributed by atoms with van der Waals surface area (Å²) in [4.78, 5) is 24.9. The summed E-state index contributed by atoms with van der Waals surface area (Å²) in [6, 6.07) is 13.3. The van der Waals surface area contributed by atoms with Gasteiger partial charge < -0.3 is 20.7 Å². The van der Waals surface area contributed by atoms with E-state index in [9.17, 15) is 9.59 Å². The summed E-state index contributed by atoms with van der Waals surface area (Å²) in [7, 11) is 0. The van der Waals surface area contributed by atoms with Crippen molar-refractivity contribution >= 4 is 29.2 Å². The first kappa shape index (κ1) is 18.8. The van der Waals surface area contributed by atoms with Gasteiger partial charge in [0, 0.05) is 5.70 Å². The number of ether oxygens (including phenoxy) is 1. The minimum Gasteiger partial charge on any atom is -0.494 e. The van der Waals surface area contributed by atoms with Gasteiger partial charge in [0.25, 0.3) is 5.91 Å². The highest BCUT2D eigenvalue weighted by Gasteiger charge is 2.31. The molecule has 3 rings (SSSR count). The Kier molecular flexibility index (Phi) is 5.66. The molecular weight excluding hydrogens is 366 g/mol. The van der Waals surface area contributed by atoms with Gasteiger partial charge in [0.1, 0.15) is 5.75 Å². The minimum atomic E-state index is -0.586. The molecule has 0 bridgehead atoms. The highest BCUT2D eigenvalue weighted by atomic mass is 35.5. The Bertz CT molecular complexity index is 894. The Balaban J connectivity index is 1.91. The Hall–Kier alpha value is -2.99. The Morgan fingerprint density at radius 3 is 2.56 bits per heavy atom. The molecular formula is C20H20ClN3O3. The first-order chi connectivity index (χ1) is 13.0. The second kappa shape index (κ2) is 8.14. The van der Waals surface area contributed by atoms with Crippen LogP contribution in [-0.4, -0.2) is 18.5 Å². The van der Waals surface area contributed by atoms with Crippen molar-refractivity contribution in [3.8, 4) is 5.75 Å². The van der Waals surface area contributed by atoms with Gasteiger partial charge in [0.05, 0.1) is 28.9 Å². The molecule has 0 saturated heterocycles. The van der Waals surface area contributed by atoms with Gasteiger partial charge in [-0.25, -0.2) is 4.79 Å². The van der Waals surface area contributed by atoms with Crippen molar-refractivity contribution in [2.24, 2.45) is 0 Å². The third-order valence-corrected chi connectivity index (χ3v) is 4.49. The van der Waals surface area contributed by atoms with Crippen LogP contribution in [0.4, 0.5) is 10.5 Å². The predicted octanol–water partition coefficient (Wildman–Crippen LogP) is 4.01. The summed E-state index contributed by atoms with van der Waals surface area (Å²) in [5, 5.41) is 8.71. The number of rotatable bonds is 5. The van der Waals surface area contributed by atoms with E-state index in [-0.39, 0.29) is 11.9 Å². The van der Waals surface area contributed by atoms with Gasteiger partial charge in [-0.15, -0.1) is 0 Å². The number of carbonyl (C=O) groups excluding carboxylic acids is 2. The lowest BCUT2D eigenvalue weighted by Crippen LogP contribution is -2.45. The maximum absolute atomic E-state index is 12.9. The van der Waals surface area contributed by atoms with E-state index in [0.29, 0.717) is 28.6 Å². The zero-order chi connectivity index (χ0) is 19.4. The van der Waals surface area contributed by atoms with Crippen LogP contribution in [0.15, 0.2) is 59.8 Å². The molecule has 7 heteroatoms. The van der Waals surface area contributed by atoms with Crippen molar-refractivity contribution in [3.05, 3.63) is 70.4 Å². The number of anilines is 1. The molecule has 6 nitrogen and oxygen atoms in total. The third-order valence-electron chi connectivity index (χ3n) is 4.16. The summed E-state index contributed by atoms with van der Waals surface area (Å²) < 4.78 is 5.45. The van der Waals surface area contributed by atoms with Crippen LogP contribution in [-0.2, 0) is 4.79 Å². The van der Waals surface area contributed by atoms with Crippen LogP contribution in [0.1, 0.15) is 25.5 Å².